The number of carbonyl (C=O) groups is 1. The molecule has 0 radical (unpaired) electrons. The van der Waals surface area contributed by atoms with Crippen molar-refractivity contribution in [1.82, 2.24) is 5.32 Å². The molecule has 0 bridgehead atoms. The lowest BCUT2D eigenvalue weighted by Gasteiger charge is -2.08. The third-order valence-electron chi connectivity index (χ3n) is 3.63. The Morgan fingerprint density at radius 3 is 2.46 bits per heavy atom. The average Bonchev–Trinajstić information content (AvgIpc) is 2.59. The van der Waals surface area contributed by atoms with Crippen LogP contribution in [-0.2, 0) is 11.2 Å². The number of benzene rings is 2. The summed E-state index contributed by atoms with van der Waals surface area (Å²) in [5.74, 6) is 0.0924. The van der Waals surface area contributed by atoms with Crippen LogP contribution in [0.1, 0.15) is 24.8 Å². The summed E-state index contributed by atoms with van der Waals surface area (Å²) in [7, 11) is 0. The summed E-state index contributed by atoms with van der Waals surface area (Å²) in [4.78, 5) is 11.8. The highest BCUT2D eigenvalue weighted by Crippen LogP contribution is 2.23. The van der Waals surface area contributed by atoms with E-state index in [1.807, 2.05) is 42.5 Å². The van der Waals surface area contributed by atoms with Crippen molar-refractivity contribution in [1.29, 1.82) is 0 Å². The first-order valence-electron chi connectivity index (χ1n) is 8.15. The van der Waals surface area contributed by atoms with Crippen LogP contribution in [0.5, 0.6) is 0 Å². The number of anilines is 1. The number of amides is 1. The minimum absolute atomic E-state index is 0.0924. The number of carbonyl (C=O) groups excluding carboxylic acids is 1. The van der Waals surface area contributed by atoms with Crippen molar-refractivity contribution in [2.24, 2.45) is 0 Å². The van der Waals surface area contributed by atoms with Crippen molar-refractivity contribution >= 4 is 34.8 Å². The Hall–Kier alpha value is -1.71. The van der Waals surface area contributed by atoms with Gasteiger partial charge in [0.25, 0.3) is 0 Å². The van der Waals surface area contributed by atoms with Gasteiger partial charge in [-0.25, -0.2) is 0 Å². The lowest BCUT2D eigenvalue weighted by molar-refractivity contribution is -0.121. The van der Waals surface area contributed by atoms with E-state index in [-0.39, 0.29) is 5.91 Å². The highest BCUT2D eigenvalue weighted by molar-refractivity contribution is 6.42. The molecule has 0 aliphatic rings. The Morgan fingerprint density at radius 2 is 1.71 bits per heavy atom. The summed E-state index contributed by atoms with van der Waals surface area (Å²) in [6.45, 7) is 1.53. The average molecular weight is 365 g/mol. The highest BCUT2D eigenvalue weighted by Gasteiger charge is 2.03. The molecule has 2 aromatic carbocycles. The van der Waals surface area contributed by atoms with Gasteiger partial charge >= 0.3 is 0 Å². The molecule has 24 heavy (non-hydrogen) atoms. The second kappa shape index (κ2) is 10.2. The third kappa shape index (κ3) is 6.81. The van der Waals surface area contributed by atoms with E-state index in [4.69, 9.17) is 23.2 Å². The zero-order chi connectivity index (χ0) is 17.2. The molecule has 2 rings (SSSR count). The number of para-hydroxylation sites is 1. The lowest BCUT2D eigenvalue weighted by Crippen LogP contribution is -2.25. The number of rotatable bonds is 9. The Morgan fingerprint density at radius 1 is 0.917 bits per heavy atom. The fourth-order valence-corrected chi connectivity index (χ4v) is 2.66. The van der Waals surface area contributed by atoms with Crippen LogP contribution in [0.15, 0.2) is 48.5 Å². The molecule has 0 aliphatic carbocycles. The Kier molecular flexibility index (Phi) is 7.93. The van der Waals surface area contributed by atoms with Gasteiger partial charge in [0, 0.05) is 25.2 Å². The minimum atomic E-state index is 0.0924. The van der Waals surface area contributed by atoms with Crippen molar-refractivity contribution < 1.29 is 4.79 Å². The number of hydrogen-bond acceptors (Lipinski definition) is 2. The van der Waals surface area contributed by atoms with Crippen LogP contribution in [0.2, 0.25) is 10.0 Å². The minimum Gasteiger partial charge on any atom is -0.385 e. The summed E-state index contributed by atoms with van der Waals surface area (Å²) in [5.41, 5.74) is 2.20. The van der Waals surface area contributed by atoms with Crippen molar-refractivity contribution in [3.63, 3.8) is 0 Å². The van der Waals surface area contributed by atoms with Crippen LogP contribution in [0.4, 0.5) is 5.69 Å². The zero-order valence-corrected chi connectivity index (χ0v) is 15.0. The van der Waals surface area contributed by atoms with E-state index in [0.717, 1.165) is 37.1 Å². The van der Waals surface area contributed by atoms with Gasteiger partial charge in [-0.15, -0.1) is 0 Å². The maximum absolute atomic E-state index is 11.8. The summed E-state index contributed by atoms with van der Waals surface area (Å²) >= 11 is 11.9. The normalized spacial score (nSPS) is 10.4. The first kappa shape index (κ1) is 18.6. The SMILES string of the molecule is O=C(CCCc1ccc(Cl)c(Cl)c1)NCCCNc1ccccc1. The fraction of sp³-hybridized carbons (Fsp3) is 0.316. The van der Waals surface area contributed by atoms with Crippen LogP contribution < -0.4 is 10.6 Å². The second-order valence-electron chi connectivity index (χ2n) is 5.60. The molecule has 2 aromatic rings. The molecule has 2 N–H and O–H groups in total. The van der Waals surface area contributed by atoms with Gasteiger partial charge < -0.3 is 10.6 Å². The molecule has 0 spiro atoms. The maximum Gasteiger partial charge on any atom is 0.220 e. The zero-order valence-electron chi connectivity index (χ0n) is 13.5. The van der Waals surface area contributed by atoms with Crippen molar-refractivity contribution in [3.8, 4) is 0 Å². The third-order valence-corrected chi connectivity index (χ3v) is 4.37. The smallest absolute Gasteiger partial charge is 0.220 e. The fourth-order valence-electron chi connectivity index (χ4n) is 2.34. The molecule has 0 aromatic heterocycles. The number of hydrogen-bond donors (Lipinski definition) is 2. The van der Waals surface area contributed by atoms with Crippen LogP contribution in [0.3, 0.4) is 0 Å². The van der Waals surface area contributed by atoms with Gasteiger partial charge in [-0.3, -0.25) is 4.79 Å². The predicted molar refractivity (Wildman–Crippen MR) is 102 cm³/mol. The second-order valence-corrected chi connectivity index (χ2v) is 6.41. The molecule has 0 saturated heterocycles. The number of halogens is 2. The quantitative estimate of drug-likeness (QED) is 0.619. The van der Waals surface area contributed by atoms with E-state index in [0.29, 0.717) is 23.0 Å². The highest BCUT2D eigenvalue weighted by atomic mass is 35.5. The standard InChI is InChI=1S/C19H22Cl2N2O/c20-17-11-10-15(14-18(17)21)6-4-9-19(24)23-13-5-12-22-16-7-2-1-3-8-16/h1-3,7-8,10-11,14,22H,4-6,9,12-13H2,(H,23,24). The molecule has 0 unspecified atom stereocenters. The Balaban J connectivity index is 1.54. The van der Waals surface area contributed by atoms with Gasteiger partial charge in [0.1, 0.15) is 0 Å². The lowest BCUT2D eigenvalue weighted by atomic mass is 10.1. The Labute approximate surface area is 153 Å². The van der Waals surface area contributed by atoms with Crippen molar-refractivity contribution in [3.05, 3.63) is 64.1 Å². The van der Waals surface area contributed by atoms with Crippen molar-refractivity contribution in [2.75, 3.05) is 18.4 Å². The van der Waals surface area contributed by atoms with Gasteiger partial charge in [0.05, 0.1) is 10.0 Å². The van der Waals surface area contributed by atoms with E-state index in [2.05, 4.69) is 10.6 Å². The van der Waals surface area contributed by atoms with Crippen LogP contribution >= 0.6 is 23.2 Å². The maximum atomic E-state index is 11.8. The molecule has 0 fully saturated rings. The monoisotopic (exact) mass is 364 g/mol. The predicted octanol–water partition coefficient (Wildman–Crippen LogP) is 4.93. The van der Waals surface area contributed by atoms with E-state index in [1.54, 1.807) is 6.07 Å². The summed E-state index contributed by atoms with van der Waals surface area (Å²) < 4.78 is 0. The van der Waals surface area contributed by atoms with Gasteiger partial charge in [-0.1, -0.05) is 47.5 Å². The number of aryl methyl sites for hydroxylation is 1. The molecule has 0 atom stereocenters. The molecule has 3 nitrogen and oxygen atoms in total. The molecule has 128 valence electrons. The molecular formula is C19H22Cl2N2O. The van der Waals surface area contributed by atoms with E-state index >= 15 is 0 Å². The van der Waals surface area contributed by atoms with E-state index in [1.165, 1.54) is 0 Å². The first-order chi connectivity index (χ1) is 11.6. The van der Waals surface area contributed by atoms with Gasteiger partial charge in [-0.2, -0.15) is 0 Å². The van der Waals surface area contributed by atoms with Gasteiger partial charge in [0.15, 0.2) is 0 Å². The first-order valence-corrected chi connectivity index (χ1v) is 8.90. The molecule has 0 heterocycles. The molecular weight excluding hydrogens is 343 g/mol. The summed E-state index contributed by atoms with van der Waals surface area (Å²) in [5, 5.41) is 7.39. The van der Waals surface area contributed by atoms with Crippen LogP contribution in [-0.4, -0.2) is 19.0 Å². The number of nitrogens with one attached hydrogen (secondary N) is 2. The molecule has 1 amide bonds. The van der Waals surface area contributed by atoms with Gasteiger partial charge in [0.2, 0.25) is 5.91 Å². The molecule has 0 aliphatic heterocycles. The molecule has 0 saturated carbocycles. The van der Waals surface area contributed by atoms with Gasteiger partial charge in [-0.05, 0) is 49.1 Å². The van der Waals surface area contributed by atoms with E-state index in [9.17, 15) is 4.79 Å². The summed E-state index contributed by atoms with van der Waals surface area (Å²) in [6, 6.07) is 15.6. The van der Waals surface area contributed by atoms with Crippen LogP contribution in [0, 0.1) is 0 Å². The topological polar surface area (TPSA) is 41.1 Å². The van der Waals surface area contributed by atoms with Crippen LogP contribution in [0.25, 0.3) is 0 Å². The van der Waals surface area contributed by atoms with E-state index < -0.39 is 0 Å². The van der Waals surface area contributed by atoms with Crippen molar-refractivity contribution in [2.45, 2.75) is 25.7 Å². The Bertz CT molecular complexity index is 647. The largest absolute Gasteiger partial charge is 0.385 e. The molecule has 5 heteroatoms. The summed E-state index contributed by atoms with van der Waals surface area (Å²) in [6.07, 6.45) is 3.03.